The maximum atomic E-state index is 12.2. The number of Topliss-reactive ketones (excluding diaryl/α,β-unsaturated/α-hetero) is 1. The smallest absolute Gasteiger partial charge is 0.166 e. The number of hydrogen-bond donors (Lipinski definition) is 1. The van der Waals surface area contributed by atoms with Gasteiger partial charge in [-0.2, -0.15) is 0 Å². The van der Waals surface area contributed by atoms with Gasteiger partial charge in [0.2, 0.25) is 0 Å². The fraction of sp³-hybridized carbons (Fsp3) is 0.412. The molecule has 4 nitrogen and oxygen atoms in total. The van der Waals surface area contributed by atoms with Crippen LogP contribution in [0.1, 0.15) is 29.6 Å². The van der Waals surface area contributed by atoms with Gasteiger partial charge in [0, 0.05) is 23.6 Å². The van der Waals surface area contributed by atoms with Gasteiger partial charge in [-0.25, -0.2) is 0 Å². The zero-order valence-corrected chi connectivity index (χ0v) is 12.0. The third kappa shape index (κ3) is 3.65. The van der Waals surface area contributed by atoms with E-state index in [4.69, 9.17) is 4.74 Å². The Labute approximate surface area is 124 Å². The van der Waals surface area contributed by atoms with Gasteiger partial charge in [0.1, 0.15) is 0 Å². The zero-order valence-electron chi connectivity index (χ0n) is 12.0. The molecule has 1 aliphatic rings. The molecule has 0 bridgehead atoms. The van der Waals surface area contributed by atoms with Gasteiger partial charge in [-0.1, -0.05) is 18.2 Å². The molecule has 1 aromatic carbocycles. The van der Waals surface area contributed by atoms with Crippen molar-refractivity contribution in [2.75, 3.05) is 19.7 Å². The average molecular weight is 284 g/mol. The summed E-state index contributed by atoms with van der Waals surface area (Å²) in [5, 5.41) is 4.30. The van der Waals surface area contributed by atoms with Crippen molar-refractivity contribution in [3.63, 3.8) is 0 Å². The lowest BCUT2D eigenvalue weighted by atomic mass is 10.1. The Morgan fingerprint density at radius 3 is 2.95 bits per heavy atom. The molecule has 0 aliphatic carbocycles. The summed E-state index contributed by atoms with van der Waals surface area (Å²) < 4.78 is 5.78. The normalized spacial score (nSPS) is 16.2. The summed E-state index contributed by atoms with van der Waals surface area (Å²) in [5.74, 6) is 0.0992. The van der Waals surface area contributed by atoms with Crippen LogP contribution in [0.5, 0.6) is 0 Å². The van der Waals surface area contributed by atoms with E-state index in [0.717, 1.165) is 36.8 Å². The number of nitrogens with one attached hydrogen (secondary N) is 1. The van der Waals surface area contributed by atoms with Crippen molar-refractivity contribution in [3.8, 4) is 0 Å². The number of ether oxygens (including phenoxy) is 1. The summed E-state index contributed by atoms with van der Waals surface area (Å²) >= 11 is 0. The first kappa shape index (κ1) is 14.2. The fourth-order valence-electron chi connectivity index (χ4n) is 2.65. The average Bonchev–Trinajstić information content (AvgIpc) is 2.55. The van der Waals surface area contributed by atoms with E-state index < -0.39 is 0 Å². The highest BCUT2D eigenvalue weighted by Gasteiger charge is 2.14. The van der Waals surface area contributed by atoms with E-state index in [1.807, 2.05) is 30.3 Å². The molecule has 1 aliphatic heterocycles. The fourth-order valence-corrected chi connectivity index (χ4v) is 2.65. The highest BCUT2D eigenvalue weighted by atomic mass is 16.5. The molecule has 1 fully saturated rings. The van der Waals surface area contributed by atoms with Crippen LogP contribution in [0.25, 0.3) is 10.9 Å². The molecular formula is C17H20N2O2. The van der Waals surface area contributed by atoms with Crippen molar-refractivity contribution in [2.24, 2.45) is 0 Å². The number of nitrogens with zero attached hydrogens (tertiary/aromatic N) is 1. The van der Waals surface area contributed by atoms with Gasteiger partial charge in [0.05, 0.1) is 18.2 Å². The van der Waals surface area contributed by atoms with Crippen LogP contribution in [0.3, 0.4) is 0 Å². The van der Waals surface area contributed by atoms with Crippen LogP contribution < -0.4 is 5.32 Å². The minimum absolute atomic E-state index is 0.0992. The van der Waals surface area contributed by atoms with Crippen molar-refractivity contribution >= 4 is 16.7 Å². The van der Waals surface area contributed by atoms with Gasteiger partial charge in [-0.3, -0.25) is 9.78 Å². The highest BCUT2D eigenvalue weighted by Crippen LogP contribution is 2.14. The first-order valence-electron chi connectivity index (χ1n) is 7.53. The van der Waals surface area contributed by atoms with E-state index in [1.165, 1.54) is 0 Å². The summed E-state index contributed by atoms with van der Waals surface area (Å²) in [6, 6.07) is 9.74. The van der Waals surface area contributed by atoms with Crippen molar-refractivity contribution in [3.05, 3.63) is 42.1 Å². The lowest BCUT2D eigenvalue weighted by Crippen LogP contribution is -2.32. The predicted molar refractivity (Wildman–Crippen MR) is 82.5 cm³/mol. The molecule has 3 rings (SSSR count). The van der Waals surface area contributed by atoms with Crippen LogP contribution in [0, 0.1) is 0 Å². The minimum Gasteiger partial charge on any atom is -0.378 e. The molecule has 0 amide bonds. The van der Waals surface area contributed by atoms with Crippen molar-refractivity contribution in [1.29, 1.82) is 0 Å². The van der Waals surface area contributed by atoms with Gasteiger partial charge in [-0.05, 0) is 38.1 Å². The first-order valence-corrected chi connectivity index (χ1v) is 7.53. The Kier molecular flexibility index (Phi) is 4.58. The number of rotatable bonds is 5. The van der Waals surface area contributed by atoms with Gasteiger partial charge < -0.3 is 10.1 Å². The Morgan fingerprint density at radius 2 is 2.10 bits per heavy atom. The van der Waals surface area contributed by atoms with E-state index in [0.29, 0.717) is 24.7 Å². The number of piperidine rings is 1. The minimum atomic E-state index is 0.0992. The molecule has 0 radical (unpaired) electrons. The quantitative estimate of drug-likeness (QED) is 0.857. The molecule has 0 spiro atoms. The summed E-state index contributed by atoms with van der Waals surface area (Å²) in [4.78, 5) is 16.5. The molecule has 1 aromatic heterocycles. The van der Waals surface area contributed by atoms with Crippen LogP contribution >= 0.6 is 0 Å². The largest absolute Gasteiger partial charge is 0.378 e. The van der Waals surface area contributed by atoms with Crippen molar-refractivity contribution in [2.45, 2.75) is 25.4 Å². The van der Waals surface area contributed by atoms with Crippen LogP contribution in [-0.4, -0.2) is 36.6 Å². The van der Waals surface area contributed by atoms with E-state index in [-0.39, 0.29) is 5.78 Å². The van der Waals surface area contributed by atoms with Gasteiger partial charge in [-0.15, -0.1) is 0 Å². The van der Waals surface area contributed by atoms with Crippen LogP contribution in [0.15, 0.2) is 36.5 Å². The second-order valence-electron chi connectivity index (χ2n) is 5.41. The van der Waals surface area contributed by atoms with Gasteiger partial charge in [0.25, 0.3) is 0 Å². The van der Waals surface area contributed by atoms with E-state index in [9.17, 15) is 4.79 Å². The molecule has 0 atom stereocenters. The molecule has 1 saturated heterocycles. The molecule has 4 heteroatoms. The van der Waals surface area contributed by atoms with E-state index >= 15 is 0 Å². The summed E-state index contributed by atoms with van der Waals surface area (Å²) in [6.45, 7) is 2.51. The maximum absolute atomic E-state index is 12.2. The molecule has 110 valence electrons. The molecule has 2 heterocycles. The standard InChI is InChI=1S/C17H20N2O2/c20-17(7-10-21-15-5-8-18-9-6-15)14-11-13-3-1-2-4-16(13)19-12-14/h1-4,11-12,15,18H,5-10H2. The second-order valence-corrected chi connectivity index (χ2v) is 5.41. The Morgan fingerprint density at radius 1 is 1.29 bits per heavy atom. The number of ketones is 1. The predicted octanol–water partition coefficient (Wildman–Crippen LogP) is 2.58. The summed E-state index contributed by atoms with van der Waals surface area (Å²) in [7, 11) is 0. The third-order valence-electron chi connectivity index (χ3n) is 3.88. The number of carbonyl (C=O) groups is 1. The number of hydrogen-bond acceptors (Lipinski definition) is 4. The van der Waals surface area contributed by atoms with Crippen LogP contribution in [-0.2, 0) is 4.74 Å². The third-order valence-corrected chi connectivity index (χ3v) is 3.88. The topological polar surface area (TPSA) is 51.2 Å². The lowest BCUT2D eigenvalue weighted by molar-refractivity contribution is 0.0313. The Balaban J connectivity index is 1.56. The number of carbonyl (C=O) groups excluding carboxylic acids is 1. The molecule has 0 saturated carbocycles. The highest BCUT2D eigenvalue weighted by molar-refractivity contribution is 5.98. The SMILES string of the molecule is O=C(CCOC1CCNCC1)c1cnc2ccccc2c1. The Bertz CT molecular complexity index is 621. The summed E-state index contributed by atoms with van der Waals surface area (Å²) in [5.41, 5.74) is 1.59. The Hall–Kier alpha value is -1.78. The number of pyridine rings is 1. The molecular weight excluding hydrogens is 264 g/mol. The number of fused-ring (bicyclic) bond motifs is 1. The molecule has 21 heavy (non-hydrogen) atoms. The van der Waals surface area contributed by atoms with Gasteiger partial charge >= 0.3 is 0 Å². The molecule has 1 N–H and O–H groups in total. The maximum Gasteiger partial charge on any atom is 0.166 e. The molecule has 0 unspecified atom stereocenters. The monoisotopic (exact) mass is 284 g/mol. The summed E-state index contributed by atoms with van der Waals surface area (Å²) in [6.07, 6.45) is 4.45. The van der Waals surface area contributed by atoms with E-state index in [2.05, 4.69) is 10.3 Å². The molecule has 2 aromatic rings. The number of para-hydroxylation sites is 1. The lowest BCUT2D eigenvalue weighted by Gasteiger charge is -2.22. The van der Waals surface area contributed by atoms with Crippen LogP contribution in [0.4, 0.5) is 0 Å². The zero-order chi connectivity index (χ0) is 14.5. The van der Waals surface area contributed by atoms with Crippen LogP contribution in [0.2, 0.25) is 0 Å². The van der Waals surface area contributed by atoms with Gasteiger partial charge in [0.15, 0.2) is 5.78 Å². The first-order chi connectivity index (χ1) is 10.3. The second kappa shape index (κ2) is 6.78. The van der Waals surface area contributed by atoms with E-state index in [1.54, 1.807) is 6.20 Å². The number of aromatic nitrogens is 1. The van der Waals surface area contributed by atoms with Crippen molar-refractivity contribution < 1.29 is 9.53 Å². The number of benzene rings is 1. The van der Waals surface area contributed by atoms with Crippen molar-refractivity contribution in [1.82, 2.24) is 10.3 Å².